The average Bonchev–Trinajstić information content (AvgIpc) is 2.36. The van der Waals surface area contributed by atoms with E-state index in [2.05, 4.69) is 23.3 Å². The van der Waals surface area contributed by atoms with E-state index in [-0.39, 0.29) is 0 Å². The van der Waals surface area contributed by atoms with Crippen LogP contribution in [0.5, 0.6) is 0 Å². The van der Waals surface area contributed by atoms with Crippen LogP contribution in [0.1, 0.15) is 5.56 Å². The third-order valence-corrected chi connectivity index (χ3v) is 3.42. The molecule has 2 rings (SSSR count). The Hall–Kier alpha value is -1.23. The molecule has 0 aromatic heterocycles. The largest absolute Gasteiger partial charge is 0.332 e. The van der Waals surface area contributed by atoms with Gasteiger partial charge in [0.15, 0.2) is 5.11 Å². The lowest BCUT2D eigenvalue weighted by molar-refractivity contribution is 1.43. The molecule has 2 N–H and O–H groups in total. The van der Waals surface area contributed by atoms with Gasteiger partial charge in [-0.25, -0.2) is 0 Å². The van der Waals surface area contributed by atoms with Gasteiger partial charge in [-0.15, -0.1) is 12.6 Å². The molecule has 19 heavy (non-hydrogen) atoms. The minimum absolute atomic E-state index is 0.520. The van der Waals surface area contributed by atoms with Crippen molar-refractivity contribution in [3.8, 4) is 0 Å². The molecule has 0 radical (unpaired) electrons. The lowest BCUT2D eigenvalue weighted by Gasteiger charge is -2.13. The molecule has 2 aromatic rings. The van der Waals surface area contributed by atoms with E-state index in [1.165, 1.54) is 0 Å². The van der Waals surface area contributed by atoms with E-state index in [1.54, 1.807) is 0 Å². The van der Waals surface area contributed by atoms with E-state index < -0.39 is 0 Å². The quantitative estimate of drug-likeness (QED) is 0.551. The summed E-state index contributed by atoms with van der Waals surface area (Å²) in [6.45, 7) is 1.98. The molecule has 0 aliphatic carbocycles. The molecule has 0 atom stereocenters. The smallest absolute Gasteiger partial charge is 0.175 e. The van der Waals surface area contributed by atoms with Crippen molar-refractivity contribution >= 4 is 52.9 Å². The Morgan fingerprint density at radius 2 is 1.79 bits per heavy atom. The van der Waals surface area contributed by atoms with Crippen molar-refractivity contribution in [3.63, 3.8) is 0 Å². The van der Waals surface area contributed by atoms with Crippen LogP contribution in [0.4, 0.5) is 11.4 Å². The number of rotatable bonds is 2. The van der Waals surface area contributed by atoms with Gasteiger partial charge in [0.25, 0.3) is 0 Å². The summed E-state index contributed by atoms with van der Waals surface area (Å²) >= 11 is 15.6. The van der Waals surface area contributed by atoms with E-state index in [9.17, 15) is 0 Å². The van der Waals surface area contributed by atoms with Gasteiger partial charge in [-0.05, 0) is 55.0 Å². The third-order valence-electron chi connectivity index (χ3n) is 2.59. The Balaban J connectivity index is 2.08. The molecule has 0 fully saturated rings. The Morgan fingerprint density at radius 3 is 2.47 bits per heavy atom. The molecule has 98 valence electrons. The third kappa shape index (κ3) is 3.86. The van der Waals surface area contributed by atoms with Crippen LogP contribution >= 0.6 is 36.4 Å². The van der Waals surface area contributed by atoms with Crippen LogP contribution in [0.2, 0.25) is 5.02 Å². The van der Waals surface area contributed by atoms with Gasteiger partial charge >= 0.3 is 0 Å². The summed E-state index contributed by atoms with van der Waals surface area (Å²) in [5.74, 6) is 0. The van der Waals surface area contributed by atoms with Crippen LogP contribution in [0.25, 0.3) is 0 Å². The first kappa shape index (κ1) is 14.2. The normalized spacial score (nSPS) is 10.1. The fourth-order valence-electron chi connectivity index (χ4n) is 1.62. The molecular formula is C14H13ClN2S2. The maximum atomic E-state index is 5.92. The summed E-state index contributed by atoms with van der Waals surface area (Å²) in [6, 6.07) is 13.3. The van der Waals surface area contributed by atoms with Gasteiger partial charge in [0.05, 0.1) is 5.69 Å². The number of aryl methyl sites for hydroxylation is 1. The highest BCUT2D eigenvalue weighted by Crippen LogP contribution is 2.21. The number of benzene rings is 2. The lowest BCUT2D eigenvalue weighted by Crippen LogP contribution is -2.19. The van der Waals surface area contributed by atoms with Gasteiger partial charge in [0.2, 0.25) is 0 Å². The second-order valence-corrected chi connectivity index (χ2v) is 5.38. The monoisotopic (exact) mass is 308 g/mol. The number of nitrogens with one attached hydrogen (secondary N) is 2. The molecule has 0 bridgehead atoms. The van der Waals surface area contributed by atoms with Crippen molar-refractivity contribution < 1.29 is 0 Å². The zero-order valence-corrected chi connectivity index (χ0v) is 12.7. The Bertz CT molecular complexity index is 614. The summed E-state index contributed by atoms with van der Waals surface area (Å²) in [4.78, 5) is 0.847. The van der Waals surface area contributed by atoms with Crippen molar-refractivity contribution in [1.29, 1.82) is 0 Å². The molecule has 5 heteroatoms. The van der Waals surface area contributed by atoms with Crippen LogP contribution < -0.4 is 10.6 Å². The van der Waals surface area contributed by atoms with Gasteiger partial charge in [-0.3, -0.25) is 0 Å². The van der Waals surface area contributed by atoms with Crippen LogP contribution in [0, 0.1) is 6.92 Å². The van der Waals surface area contributed by atoms with Crippen molar-refractivity contribution in [2.45, 2.75) is 11.8 Å². The Labute approximate surface area is 128 Å². The van der Waals surface area contributed by atoms with Crippen molar-refractivity contribution in [2.24, 2.45) is 0 Å². The maximum Gasteiger partial charge on any atom is 0.175 e. The highest BCUT2D eigenvalue weighted by atomic mass is 35.5. The van der Waals surface area contributed by atoms with Gasteiger partial charge in [-0.2, -0.15) is 0 Å². The molecule has 0 saturated carbocycles. The standard InChI is InChI=1S/C14H13ClN2S2/c1-9-8-10(15)6-7-11(9)16-14(19)17-12-4-2-3-5-13(12)18/h2-8,18H,1H3,(H2,16,17,19). The molecule has 2 nitrogen and oxygen atoms in total. The summed E-state index contributed by atoms with van der Waals surface area (Å²) in [7, 11) is 0. The van der Waals surface area contributed by atoms with Gasteiger partial charge < -0.3 is 10.6 Å². The van der Waals surface area contributed by atoms with E-state index in [4.69, 9.17) is 23.8 Å². The topological polar surface area (TPSA) is 24.1 Å². The van der Waals surface area contributed by atoms with Crippen molar-refractivity contribution in [2.75, 3.05) is 10.6 Å². The number of thiocarbonyl (C=S) groups is 1. The van der Waals surface area contributed by atoms with E-state index in [0.29, 0.717) is 10.1 Å². The molecule has 0 aliphatic rings. The second-order valence-electron chi connectivity index (χ2n) is 4.06. The number of para-hydroxylation sites is 1. The predicted octanol–water partition coefficient (Wildman–Crippen LogP) is 4.75. The summed E-state index contributed by atoms with van der Waals surface area (Å²) in [5, 5.41) is 7.48. The second kappa shape index (κ2) is 6.28. The maximum absolute atomic E-state index is 5.92. The molecule has 0 spiro atoms. The van der Waals surface area contributed by atoms with Gasteiger partial charge in [-0.1, -0.05) is 23.7 Å². The van der Waals surface area contributed by atoms with Crippen LogP contribution in [-0.4, -0.2) is 5.11 Å². The van der Waals surface area contributed by atoms with Crippen LogP contribution in [0.15, 0.2) is 47.4 Å². The summed E-state index contributed by atoms with van der Waals surface area (Å²) < 4.78 is 0. The lowest BCUT2D eigenvalue weighted by atomic mass is 10.2. The molecule has 0 saturated heterocycles. The fraction of sp³-hybridized carbons (Fsp3) is 0.0714. The Kier molecular flexibility index (Phi) is 4.69. The SMILES string of the molecule is Cc1cc(Cl)ccc1NC(=S)Nc1ccccc1S. The summed E-state index contributed by atoms with van der Waals surface area (Å²) in [6.07, 6.45) is 0. The molecule has 0 heterocycles. The zero-order chi connectivity index (χ0) is 13.8. The number of halogens is 1. The Morgan fingerprint density at radius 1 is 1.11 bits per heavy atom. The molecule has 0 unspecified atom stereocenters. The van der Waals surface area contributed by atoms with Crippen molar-refractivity contribution in [1.82, 2.24) is 0 Å². The average molecular weight is 309 g/mol. The van der Waals surface area contributed by atoms with Crippen LogP contribution in [0.3, 0.4) is 0 Å². The number of hydrogen-bond acceptors (Lipinski definition) is 2. The molecule has 0 amide bonds. The summed E-state index contributed by atoms with van der Waals surface area (Å²) in [5.41, 5.74) is 2.84. The number of thiol groups is 1. The number of hydrogen-bond donors (Lipinski definition) is 3. The first-order chi connectivity index (χ1) is 9.06. The van der Waals surface area contributed by atoms with E-state index in [1.807, 2.05) is 49.4 Å². The highest BCUT2D eigenvalue weighted by Gasteiger charge is 2.04. The first-order valence-corrected chi connectivity index (χ1v) is 6.92. The van der Waals surface area contributed by atoms with Crippen molar-refractivity contribution in [3.05, 3.63) is 53.1 Å². The van der Waals surface area contributed by atoms with Gasteiger partial charge in [0, 0.05) is 15.6 Å². The molecular weight excluding hydrogens is 296 g/mol. The number of anilines is 2. The van der Waals surface area contributed by atoms with Gasteiger partial charge in [0.1, 0.15) is 0 Å². The predicted molar refractivity (Wildman–Crippen MR) is 89.7 cm³/mol. The van der Waals surface area contributed by atoms with E-state index >= 15 is 0 Å². The first-order valence-electron chi connectivity index (χ1n) is 5.68. The fourth-order valence-corrected chi connectivity index (χ4v) is 2.29. The van der Waals surface area contributed by atoms with E-state index in [0.717, 1.165) is 21.8 Å². The highest BCUT2D eigenvalue weighted by molar-refractivity contribution is 7.81. The minimum Gasteiger partial charge on any atom is -0.332 e. The minimum atomic E-state index is 0.520. The van der Waals surface area contributed by atoms with Crippen LogP contribution in [-0.2, 0) is 0 Å². The molecule has 2 aromatic carbocycles. The zero-order valence-electron chi connectivity index (χ0n) is 10.3. The molecule has 0 aliphatic heterocycles.